The largest absolute Gasteiger partial charge is 0.324 e. The SMILES string of the molecule is N[C@H]1CCSCc2c1ccc(Cl)c2Cl. The molecule has 0 aliphatic carbocycles. The van der Waals surface area contributed by atoms with Crippen LogP contribution >= 0.6 is 35.0 Å². The second-order valence-corrected chi connectivity index (χ2v) is 5.27. The second kappa shape index (κ2) is 4.31. The zero-order valence-electron chi connectivity index (χ0n) is 7.59. The van der Waals surface area contributed by atoms with Crippen LogP contribution in [0.25, 0.3) is 0 Å². The maximum Gasteiger partial charge on any atom is 0.0636 e. The van der Waals surface area contributed by atoms with Crippen molar-refractivity contribution in [1.82, 2.24) is 0 Å². The maximum absolute atomic E-state index is 6.15. The van der Waals surface area contributed by atoms with Gasteiger partial charge in [-0.1, -0.05) is 29.3 Å². The van der Waals surface area contributed by atoms with E-state index in [1.54, 1.807) is 0 Å². The lowest BCUT2D eigenvalue weighted by Gasteiger charge is -2.13. The van der Waals surface area contributed by atoms with Gasteiger partial charge in [-0.05, 0) is 29.4 Å². The van der Waals surface area contributed by atoms with Crippen molar-refractivity contribution in [2.24, 2.45) is 5.73 Å². The lowest BCUT2D eigenvalue weighted by Crippen LogP contribution is -2.11. The fraction of sp³-hybridized carbons (Fsp3) is 0.400. The molecule has 1 aromatic rings. The molecule has 1 aliphatic heterocycles. The van der Waals surface area contributed by atoms with E-state index in [1.165, 1.54) is 0 Å². The van der Waals surface area contributed by atoms with Crippen LogP contribution < -0.4 is 5.73 Å². The molecule has 1 aromatic carbocycles. The van der Waals surface area contributed by atoms with Gasteiger partial charge in [0.25, 0.3) is 0 Å². The summed E-state index contributed by atoms with van der Waals surface area (Å²) in [5.41, 5.74) is 8.33. The molecular formula is C10H11Cl2NS. The summed E-state index contributed by atoms with van der Waals surface area (Å²) in [5.74, 6) is 2.01. The number of fused-ring (bicyclic) bond motifs is 1. The van der Waals surface area contributed by atoms with E-state index >= 15 is 0 Å². The monoisotopic (exact) mass is 247 g/mol. The quantitative estimate of drug-likeness (QED) is 0.758. The molecule has 0 bridgehead atoms. The van der Waals surface area contributed by atoms with E-state index in [-0.39, 0.29) is 6.04 Å². The van der Waals surface area contributed by atoms with E-state index in [1.807, 2.05) is 23.9 Å². The molecule has 2 rings (SSSR count). The Hall–Kier alpha value is 0.110. The fourth-order valence-corrected chi connectivity index (χ4v) is 3.22. The predicted molar refractivity (Wildman–Crippen MR) is 64.2 cm³/mol. The summed E-state index contributed by atoms with van der Waals surface area (Å²) in [6, 6.07) is 3.94. The highest BCUT2D eigenvalue weighted by molar-refractivity contribution is 7.98. The van der Waals surface area contributed by atoms with E-state index < -0.39 is 0 Å². The smallest absolute Gasteiger partial charge is 0.0636 e. The first-order chi connectivity index (χ1) is 6.70. The number of benzene rings is 1. The van der Waals surface area contributed by atoms with Gasteiger partial charge in [0.1, 0.15) is 0 Å². The van der Waals surface area contributed by atoms with Crippen molar-refractivity contribution in [2.45, 2.75) is 18.2 Å². The number of hydrogen-bond donors (Lipinski definition) is 1. The molecule has 0 saturated carbocycles. The molecule has 0 unspecified atom stereocenters. The summed E-state index contributed by atoms with van der Waals surface area (Å²) < 4.78 is 0. The van der Waals surface area contributed by atoms with Crippen LogP contribution in [0.2, 0.25) is 10.0 Å². The van der Waals surface area contributed by atoms with Crippen LogP contribution in [0.4, 0.5) is 0 Å². The van der Waals surface area contributed by atoms with Crippen molar-refractivity contribution in [3.63, 3.8) is 0 Å². The Morgan fingerprint density at radius 3 is 2.93 bits per heavy atom. The summed E-state index contributed by atoms with van der Waals surface area (Å²) in [6.07, 6.45) is 1.01. The van der Waals surface area contributed by atoms with Gasteiger partial charge in [0.15, 0.2) is 0 Å². The highest BCUT2D eigenvalue weighted by Crippen LogP contribution is 2.37. The van der Waals surface area contributed by atoms with Crippen LogP contribution in [0.5, 0.6) is 0 Å². The number of hydrogen-bond acceptors (Lipinski definition) is 2. The van der Waals surface area contributed by atoms with Gasteiger partial charge in [0.05, 0.1) is 10.0 Å². The Morgan fingerprint density at radius 1 is 1.36 bits per heavy atom. The fourth-order valence-electron chi connectivity index (χ4n) is 1.64. The summed E-state index contributed by atoms with van der Waals surface area (Å²) in [7, 11) is 0. The molecule has 76 valence electrons. The molecule has 0 radical (unpaired) electrons. The molecule has 0 aromatic heterocycles. The topological polar surface area (TPSA) is 26.0 Å². The number of nitrogens with two attached hydrogens (primary N) is 1. The van der Waals surface area contributed by atoms with Crippen molar-refractivity contribution in [1.29, 1.82) is 0 Å². The van der Waals surface area contributed by atoms with E-state index in [4.69, 9.17) is 28.9 Å². The Kier molecular flexibility index (Phi) is 3.27. The Balaban J connectivity index is 2.53. The van der Waals surface area contributed by atoms with E-state index in [2.05, 4.69) is 0 Å². The minimum atomic E-state index is 0.106. The summed E-state index contributed by atoms with van der Waals surface area (Å²) in [4.78, 5) is 0. The Morgan fingerprint density at radius 2 is 2.14 bits per heavy atom. The Labute approximate surface area is 98.0 Å². The van der Waals surface area contributed by atoms with Gasteiger partial charge in [-0.3, -0.25) is 0 Å². The molecule has 1 heterocycles. The third kappa shape index (κ3) is 1.89. The molecule has 1 nitrogen and oxygen atoms in total. The molecule has 2 N–H and O–H groups in total. The molecule has 0 saturated heterocycles. The molecule has 0 amide bonds. The number of thioether (sulfide) groups is 1. The molecule has 0 spiro atoms. The van der Waals surface area contributed by atoms with Crippen LogP contribution in [0.3, 0.4) is 0 Å². The van der Waals surface area contributed by atoms with E-state index in [9.17, 15) is 0 Å². The minimum absolute atomic E-state index is 0.106. The standard InChI is InChI=1S/C10H11Cl2NS/c11-8-2-1-6-7(10(8)12)5-14-4-3-9(6)13/h1-2,9H,3-5,13H2/t9-/m0/s1. The molecular weight excluding hydrogens is 237 g/mol. The van der Waals surface area contributed by atoms with Gasteiger partial charge in [0, 0.05) is 11.8 Å². The average Bonchev–Trinajstić information content (AvgIpc) is 2.35. The first kappa shape index (κ1) is 10.6. The molecule has 4 heteroatoms. The van der Waals surface area contributed by atoms with Crippen molar-refractivity contribution in [3.05, 3.63) is 33.3 Å². The Bertz CT molecular complexity index is 354. The van der Waals surface area contributed by atoms with Gasteiger partial charge in [0.2, 0.25) is 0 Å². The van der Waals surface area contributed by atoms with Crippen LogP contribution in [-0.4, -0.2) is 5.75 Å². The van der Waals surface area contributed by atoms with Crippen LogP contribution in [-0.2, 0) is 5.75 Å². The van der Waals surface area contributed by atoms with Gasteiger partial charge < -0.3 is 5.73 Å². The molecule has 1 aliphatic rings. The lowest BCUT2D eigenvalue weighted by atomic mass is 10.0. The third-order valence-corrected chi connectivity index (χ3v) is 4.31. The average molecular weight is 248 g/mol. The second-order valence-electron chi connectivity index (χ2n) is 3.38. The van der Waals surface area contributed by atoms with Gasteiger partial charge in [-0.25, -0.2) is 0 Å². The highest BCUT2D eigenvalue weighted by Gasteiger charge is 2.18. The lowest BCUT2D eigenvalue weighted by molar-refractivity contribution is 0.705. The highest BCUT2D eigenvalue weighted by atomic mass is 35.5. The summed E-state index contributed by atoms with van der Waals surface area (Å²) >= 11 is 14.0. The van der Waals surface area contributed by atoms with Crippen molar-refractivity contribution in [3.8, 4) is 0 Å². The zero-order valence-corrected chi connectivity index (χ0v) is 9.92. The van der Waals surface area contributed by atoms with E-state index in [0.717, 1.165) is 29.1 Å². The molecule has 1 atom stereocenters. The van der Waals surface area contributed by atoms with E-state index in [0.29, 0.717) is 10.0 Å². The first-order valence-electron chi connectivity index (χ1n) is 4.50. The van der Waals surface area contributed by atoms with Gasteiger partial charge in [-0.2, -0.15) is 11.8 Å². The summed E-state index contributed by atoms with van der Waals surface area (Å²) in [5, 5.41) is 1.30. The number of halogens is 2. The predicted octanol–water partition coefficient (Wildman–Crippen LogP) is 3.63. The van der Waals surface area contributed by atoms with Crippen LogP contribution in [0, 0.1) is 0 Å². The van der Waals surface area contributed by atoms with Gasteiger partial charge in [-0.15, -0.1) is 0 Å². The van der Waals surface area contributed by atoms with Crippen LogP contribution in [0.15, 0.2) is 12.1 Å². The molecule has 0 fully saturated rings. The third-order valence-electron chi connectivity index (χ3n) is 2.45. The number of rotatable bonds is 0. The van der Waals surface area contributed by atoms with Crippen molar-refractivity contribution >= 4 is 35.0 Å². The zero-order chi connectivity index (χ0) is 10.1. The van der Waals surface area contributed by atoms with Crippen molar-refractivity contribution < 1.29 is 0 Å². The van der Waals surface area contributed by atoms with Crippen molar-refractivity contribution in [2.75, 3.05) is 5.75 Å². The van der Waals surface area contributed by atoms with Gasteiger partial charge >= 0.3 is 0 Å². The minimum Gasteiger partial charge on any atom is -0.324 e. The summed E-state index contributed by atoms with van der Waals surface area (Å²) in [6.45, 7) is 0. The molecule has 14 heavy (non-hydrogen) atoms. The normalized spacial score (nSPS) is 21.5. The van der Waals surface area contributed by atoms with Crippen LogP contribution in [0.1, 0.15) is 23.6 Å². The first-order valence-corrected chi connectivity index (χ1v) is 6.41. The maximum atomic E-state index is 6.15.